The van der Waals surface area contributed by atoms with Crippen LogP contribution in [0.4, 0.5) is 13.2 Å². The molecule has 2 aliphatic heterocycles. The molecule has 22 heavy (non-hydrogen) atoms. The zero-order valence-corrected chi connectivity index (χ0v) is 12.1. The first-order chi connectivity index (χ1) is 10.5. The fraction of sp³-hybridized carbons (Fsp3) is 0.375. The lowest BCUT2D eigenvalue weighted by Gasteiger charge is -2.24. The van der Waals surface area contributed by atoms with Gasteiger partial charge in [-0.25, -0.2) is 5.01 Å². The van der Waals surface area contributed by atoms with Crippen LogP contribution in [0.15, 0.2) is 46.5 Å². The van der Waals surface area contributed by atoms with Crippen LogP contribution in [0.3, 0.4) is 0 Å². The number of allylic oxidation sites excluding steroid dienone is 1. The van der Waals surface area contributed by atoms with Crippen LogP contribution in [0.25, 0.3) is 0 Å². The van der Waals surface area contributed by atoms with Crippen LogP contribution < -0.4 is 0 Å². The minimum Gasteiger partial charge on any atom is -0.265 e. The molecule has 0 saturated carbocycles. The molecule has 0 aromatic heterocycles. The van der Waals surface area contributed by atoms with Gasteiger partial charge in [-0.15, -0.1) is 0 Å². The van der Waals surface area contributed by atoms with Crippen molar-refractivity contribution in [3.8, 4) is 0 Å². The van der Waals surface area contributed by atoms with Gasteiger partial charge in [-0.2, -0.15) is 18.3 Å². The highest BCUT2D eigenvalue weighted by molar-refractivity contribution is 6.14. The highest BCUT2D eigenvalue weighted by Gasteiger charge is 2.31. The number of rotatable bonds is 3. The Morgan fingerprint density at radius 1 is 1.27 bits per heavy atom. The number of halogens is 3. The predicted octanol–water partition coefficient (Wildman–Crippen LogP) is 3.86. The second-order valence-corrected chi connectivity index (χ2v) is 5.38. The maximum atomic E-state index is 12.8. The van der Waals surface area contributed by atoms with E-state index in [2.05, 4.69) is 17.0 Å². The maximum absolute atomic E-state index is 12.8. The van der Waals surface area contributed by atoms with E-state index in [1.165, 1.54) is 6.07 Å². The summed E-state index contributed by atoms with van der Waals surface area (Å²) in [4.78, 5) is 4.41. The molecule has 0 radical (unpaired) electrons. The molecular formula is C16H16F3N3. The van der Waals surface area contributed by atoms with E-state index in [4.69, 9.17) is 0 Å². The molecule has 2 aliphatic rings. The molecule has 3 nitrogen and oxygen atoms in total. The van der Waals surface area contributed by atoms with E-state index in [0.717, 1.165) is 30.8 Å². The number of aliphatic imine (C=N–C) groups is 1. The summed E-state index contributed by atoms with van der Waals surface area (Å²) in [5.74, 6) is 0.786. The zero-order chi connectivity index (χ0) is 15.7. The number of hydrazone groups is 1. The number of alkyl halides is 3. The summed E-state index contributed by atoms with van der Waals surface area (Å²) >= 11 is 0. The van der Waals surface area contributed by atoms with Gasteiger partial charge < -0.3 is 0 Å². The summed E-state index contributed by atoms with van der Waals surface area (Å²) in [6.45, 7) is 2.78. The molecule has 0 amide bonds. The minimum absolute atomic E-state index is 0.200. The smallest absolute Gasteiger partial charge is 0.265 e. The van der Waals surface area contributed by atoms with Crippen LogP contribution in [-0.2, 0) is 6.18 Å². The Hall–Kier alpha value is -2.11. The molecule has 3 rings (SSSR count). The van der Waals surface area contributed by atoms with Crippen LogP contribution in [-0.4, -0.2) is 29.1 Å². The fourth-order valence-corrected chi connectivity index (χ4v) is 2.66. The average Bonchev–Trinajstić information content (AvgIpc) is 2.89. The van der Waals surface area contributed by atoms with Crippen molar-refractivity contribution in [1.82, 2.24) is 5.01 Å². The first-order valence-corrected chi connectivity index (χ1v) is 7.27. The van der Waals surface area contributed by atoms with Gasteiger partial charge in [-0.1, -0.05) is 25.5 Å². The standard InChI is InChI=1S/C16H16F3N3/c1-2-4-13-10-20-15-8-7-14(21-22(13)15)11-5-3-6-12(9-11)16(17,18)19/h3,5-9,13H,2,4,10H2,1H3. The van der Waals surface area contributed by atoms with Crippen molar-refractivity contribution in [2.45, 2.75) is 32.0 Å². The molecule has 0 saturated heterocycles. The molecule has 0 fully saturated rings. The SMILES string of the molecule is CCCC1CN=C2C=CC(c3cccc(C(F)(F)F)c3)=NN21. The molecule has 1 aromatic rings. The quantitative estimate of drug-likeness (QED) is 0.833. The Labute approximate surface area is 126 Å². The number of hydrogen-bond donors (Lipinski definition) is 0. The van der Waals surface area contributed by atoms with E-state index in [-0.39, 0.29) is 6.04 Å². The third-order valence-corrected chi connectivity index (χ3v) is 3.76. The summed E-state index contributed by atoms with van der Waals surface area (Å²) in [5, 5.41) is 6.33. The van der Waals surface area contributed by atoms with Crippen molar-refractivity contribution in [3.63, 3.8) is 0 Å². The van der Waals surface area contributed by atoms with E-state index in [0.29, 0.717) is 17.8 Å². The van der Waals surface area contributed by atoms with Crippen LogP contribution in [0, 0.1) is 0 Å². The van der Waals surface area contributed by atoms with Gasteiger partial charge in [0.1, 0.15) is 5.84 Å². The highest BCUT2D eigenvalue weighted by Crippen LogP contribution is 2.30. The van der Waals surface area contributed by atoms with Crippen molar-refractivity contribution in [2.24, 2.45) is 10.1 Å². The fourth-order valence-electron chi connectivity index (χ4n) is 2.66. The van der Waals surface area contributed by atoms with Crippen LogP contribution >= 0.6 is 0 Å². The second-order valence-electron chi connectivity index (χ2n) is 5.38. The Morgan fingerprint density at radius 2 is 2.09 bits per heavy atom. The second kappa shape index (κ2) is 5.59. The van der Waals surface area contributed by atoms with Crippen molar-refractivity contribution >= 4 is 11.5 Å². The molecule has 1 atom stereocenters. The Kier molecular flexibility index (Phi) is 3.76. The molecule has 0 spiro atoms. The largest absolute Gasteiger partial charge is 0.416 e. The lowest BCUT2D eigenvalue weighted by molar-refractivity contribution is -0.137. The lowest BCUT2D eigenvalue weighted by Crippen LogP contribution is -2.34. The summed E-state index contributed by atoms with van der Waals surface area (Å²) in [5.41, 5.74) is 0.340. The van der Waals surface area contributed by atoms with Crippen LogP contribution in [0.2, 0.25) is 0 Å². The third-order valence-electron chi connectivity index (χ3n) is 3.76. The first kappa shape index (κ1) is 14.8. The average molecular weight is 307 g/mol. The van der Waals surface area contributed by atoms with Gasteiger partial charge in [0.15, 0.2) is 0 Å². The van der Waals surface area contributed by atoms with Gasteiger partial charge in [0.25, 0.3) is 0 Å². The lowest BCUT2D eigenvalue weighted by atomic mass is 10.0. The molecule has 0 N–H and O–H groups in total. The normalized spacial score (nSPS) is 20.7. The van der Waals surface area contributed by atoms with Crippen LogP contribution in [0.5, 0.6) is 0 Å². The monoisotopic (exact) mass is 307 g/mol. The van der Waals surface area contributed by atoms with Crippen molar-refractivity contribution in [3.05, 3.63) is 47.5 Å². The molecule has 2 heterocycles. The van der Waals surface area contributed by atoms with E-state index in [1.54, 1.807) is 12.1 Å². The topological polar surface area (TPSA) is 28.0 Å². The molecule has 116 valence electrons. The van der Waals surface area contributed by atoms with Gasteiger partial charge >= 0.3 is 6.18 Å². The summed E-state index contributed by atoms with van der Waals surface area (Å²) < 4.78 is 38.5. The van der Waals surface area contributed by atoms with Gasteiger partial charge in [0.05, 0.1) is 23.9 Å². The van der Waals surface area contributed by atoms with Gasteiger partial charge in [-0.05, 0) is 30.7 Å². The van der Waals surface area contributed by atoms with Gasteiger partial charge in [0.2, 0.25) is 0 Å². The molecule has 1 aromatic carbocycles. The van der Waals surface area contributed by atoms with E-state index >= 15 is 0 Å². The molecule has 0 bridgehead atoms. The number of hydrogen-bond acceptors (Lipinski definition) is 3. The highest BCUT2D eigenvalue weighted by atomic mass is 19.4. The first-order valence-electron chi connectivity index (χ1n) is 7.27. The Balaban J connectivity index is 1.91. The molecule has 0 aliphatic carbocycles. The molecule has 1 unspecified atom stereocenters. The van der Waals surface area contributed by atoms with Crippen molar-refractivity contribution in [1.29, 1.82) is 0 Å². The zero-order valence-electron chi connectivity index (χ0n) is 12.1. The van der Waals surface area contributed by atoms with E-state index in [9.17, 15) is 13.2 Å². The van der Waals surface area contributed by atoms with Gasteiger partial charge in [0, 0.05) is 5.56 Å². The van der Waals surface area contributed by atoms with Gasteiger partial charge in [-0.3, -0.25) is 4.99 Å². The summed E-state index contributed by atoms with van der Waals surface area (Å²) in [6.07, 6.45) is 1.17. The molecular weight excluding hydrogens is 291 g/mol. The Morgan fingerprint density at radius 3 is 2.82 bits per heavy atom. The summed E-state index contributed by atoms with van der Waals surface area (Å²) in [7, 11) is 0. The molecule has 6 heteroatoms. The Bertz CT molecular complexity index is 659. The van der Waals surface area contributed by atoms with E-state index in [1.807, 2.05) is 11.1 Å². The summed E-state index contributed by atoms with van der Waals surface area (Å²) in [6, 6.07) is 5.46. The van der Waals surface area contributed by atoms with Crippen molar-refractivity contribution < 1.29 is 13.2 Å². The number of nitrogens with zero attached hydrogens (tertiary/aromatic N) is 3. The van der Waals surface area contributed by atoms with Crippen molar-refractivity contribution in [2.75, 3.05) is 6.54 Å². The number of benzene rings is 1. The van der Waals surface area contributed by atoms with E-state index < -0.39 is 11.7 Å². The maximum Gasteiger partial charge on any atom is 0.416 e. The number of amidine groups is 1. The third kappa shape index (κ3) is 2.77. The number of fused-ring (bicyclic) bond motifs is 1. The predicted molar refractivity (Wildman–Crippen MR) is 80.0 cm³/mol. The minimum atomic E-state index is -4.35. The van der Waals surface area contributed by atoms with Crippen LogP contribution in [0.1, 0.15) is 30.9 Å².